The van der Waals surface area contributed by atoms with Crippen molar-refractivity contribution in [3.8, 4) is 0 Å². The quantitative estimate of drug-likeness (QED) is 0.231. The van der Waals surface area contributed by atoms with Gasteiger partial charge in [0.25, 0.3) is 0 Å². The molecule has 11 heteroatoms. The standard InChI is InChI=1S/C11H17N3O8/c12-8-13-6(17)2-4-9(19,1-15)5-3(16)10(2,14-8)7(18)11(20,21-4)22-5/h2-7,15-20H,1H2,(H3,12,13,14)/t2-,3-,4-,5+,6-,7+,9+,10-,11-/m1/s1. The van der Waals surface area contributed by atoms with Gasteiger partial charge in [-0.15, -0.1) is 0 Å². The van der Waals surface area contributed by atoms with Crippen LogP contribution in [-0.2, 0) is 9.47 Å². The minimum Gasteiger partial charge on any atom is -0.393 e. The van der Waals surface area contributed by atoms with Gasteiger partial charge in [0.1, 0.15) is 29.5 Å². The molecule has 5 aliphatic rings. The molecule has 11 nitrogen and oxygen atoms in total. The Morgan fingerprint density at radius 3 is 2.45 bits per heavy atom. The Bertz CT molecular complexity index is 561. The highest BCUT2D eigenvalue weighted by molar-refractivity contribution is 5.80. The van der Waals surface area contributed by atoms with E-state index in [1.54, 1.807) is 0 Å². The van der Waals surface area contributed by atoms with E-state index in [0.29, 0.717) is 0 Å². The van der Waals surface area contributed by atoms with Crippen LogP contribution in [-0.4, -0.2) is 91.0 Å². The lowest BCUT2D eigenvalue weighted by Crippen LogP contribution is -2.95. The van der Waals surface area contributed by atoms with Gasteiger partial charge in [-0.25, -0.2) is 4.99 Å². The summed E-state index contributed by atoms with van der Waals surface area (Å²) >= 11 is 0. The Morgan fingerprint density at radius 1 is 1.18 bits per heavy atom. The summed E-state index contributed by atoms with van der Waals surface area (Å²) in [6, 6.07) is 0. The average Bonchev–Trinajstić information content (AvgIpc) is 2.45. The van der Waals surface area contributed by atoms with Crippen LogP contribution in [0.5, 0.6) is 0 Å². The van der Waals surface area contributed by atoms with E-state index in [9.17, 15) is 30.6 Å². The van der Waals surface area contributed by atoms with Crippen molar-refractivity contribution < 1.29 is 40.1 Å². The number of aliphatic hydroxyl groups excluding tert-OH is 4. The van der Waals surface area contributed by atoms with E-state index in [1.165, 1.54) is 0 Å². The van der Waals surface area contributed by atoms with Crippen molar-refractivity contribution in [1.29, 1.82) is 0 Å². The van der Waals surface area contributed by atoms with Crippen LogP contribution in [0.2, 0.25) is 0 Å². The molecule has 4 heterocycles. The van der Waals surface area contributed by atoms with Gasteiger partial charge in [-0.2, -0.15) is 0 Å². The second-order valence-electron chi connectivity index (χ2n) is 6.22. The predicted molar refractivity (Wildman–Crippen MR) is 65.7 cm³/mol. The number of aliphatic hydroxyl groups is 6. The van der Waals surface area contributed by atoms with Gasteiger partial charge < -0.3 is 51.2 Å². The number of ether oxygens (including phenoxy) is 2. The molecule has 5 rings (SSSR count). The van der Waals surface area contributed by atoms with E-state index >= 15 is 0 Å². The number of nitrogens with one attached hydrogen (secondary N) is 1. The second kappa shape index (κ2) is 3.88. The third kappa shape index (κ3) is 1.28. The van der Waals surface area contributed by atoms with Crippen molar-refractivity contribution >= 4 is 5.96 Å². The van der Waals surface area contributed by atoms with Crippen molar-refractivity contribution in [2.45, 2.75) is 47.8 Å². The van der Waals surface area contributed by atoms with Crippen LogP contribution in [0.25, 0.3) is 0 Å². The molecule has 124 valence electrons. The Morgan fingerprint density at radius 2 is 1.82 bits per heavy atom. The number of hydrogen-bond donors (Lipinski definition) is 8. The largest absolute Gasteiger partial charge is 0.393 e. The van der Waals surface area contributed by atoms with Crippen LogP contribution in [0, 0.1) is 5.92 Å². The monoisotopic (exact) mass is 319 g/mol. The zero-order valence-corrected chi connectivity index (χ0v) is 11.2. The highest BCUT2D eigenvalue weighted by Crippen LogP contribution is 2.58. The summed E-state index contributed by atoms with van der Waals surface area (Å²) in [6.45, 7) is -0.857. The molecule has 1 saturated carbocycles. The van der Waals surface area contributed by atoms with E-state index in [-0.39, 0.29) is 5.96 Å². The lowest BCUT2D eigenvalue weighted by Gasteiger charge is -2.71. The molecule has 4 fully saturated rings. The van der Waals surface area contributed by atoms with E-state index in [4.69, 9.17) is 15.2 Å². The highest BCUT2D eigenvalue weighted by atomic mass is 16.9. The molecule has 4 bridgehead atoms. The summed E-state index contributed by atoms with van der Waals surface area (Å²) in [5.74, 6) is -3.95. The van der Waals surface area contributed by atoms with Crippen LogP contribution in [0.4, 0.5) is 0 Å². The van der Waals surface area contributed by atoms with E-state index in [0.717, 1.165) is 0 Å². The maximum Gasteiger partial charge on any atom is 0.311 e. The van der Waals surface area contributed by atoms with E-state index in [2.05, 4.69) is 10.3 Å². The summed E-state index contributed by atoms with van der Waals surface area (Å²) in [5.41, 5.74) is 1.74. The Balaban J connectivity index is 1.95. The first-order valence-electron chi connectivity index (χ1n) is 6.77. The predicted octanol–water partition coefficient (Wildman–Crippen LogP) is -5.52. The normalized spacial score (nSPS) is 62.4. The van der Waals surface area contributed by atoms with Gasteiger partial charge in [0.05, 0.1) is 12.5 Å². The number of aliphatic imine (C=N–C) groups is 1. The van der Waals surface area contributed by atoms with Gasteiger partial charge in [0.2, 0.25) is 0 Å². The molecular formula is C11H17N3O8. The molecule has 4 aliphatic heterocycles. The summed E-state index contributed by atoms with van der Waals surface area (Å²) in [5, 5.41) is 64.3. The van der Waals surface area contributed by atoms with Crippen molar-refractivity contribution in [2.24, 2.45) is 16.6 Å². The zero-order chi connectivity index (χ0) is 16.1. The van der Waals surface area contributed by atoms with Crippen LogP contribution in [0.15, 0.2) is 4.99 Å². The maximum absolute atomic E-state index is 10.6. The van der Waals surface area contributed by atoms with Gasteiger partial charge >= 0.3 is 5.97 Å². The first kappa shape index (κ1) is 14.5. The zero-order valence-electron chi connectivity index (χ0n) is 11.2. The highest BCUT2D eigenvalue weighted by Gasteiger charge is 2.82. The molecule has 0 aromatic heterocycles. The molecule has 0 amide bonds. The molecule has 0 aromatic rings. The van der Waals surface area contributed by atoms with Crippen LogP contribution >= 0.6 is 0 Å². The number of rotatable bonds is 1. The summed E-state index contributed by atoms with van der Waals surface area (Å²) in [6.07, 6.45) is -7.77. The Labute approximate surface area is 123 Å². The molecule has 0 aromatic carbocycles. The molecule has 0 radical (unpaired) electrons. The summed E-state index contributed by atoms with van der Waals surface area (Å²) < 4.78 is 10.3. The van der Waals surface area contributed by atoms with Crippen LogP contribution in [0.1, 0.15) is 0 Å². The third-order valence-corrected chi connectivity index (χ3v) is 5.22. The SMILES string of the molecule is NC1=N[C@H](O)[C@H]2[C@H]3O[C@@]4(O)O[C@@H]([C@@H](O)[C@@]2(N1)[C@@H]4O)[C@]3(O)CO. The fourth-order valence-corrected chi connectivity index (χ4v) is 4.24. The Kier molecular flexibility index (Phi) is 2.57. The van der Waals surface area contributed by atoms with Gasteiger partial charge in [0.15, 0.2) is 18.3 Å². The molecule has 1 aliphatic carbocycles. The fraction of sp³-hybridized carbons (Fsp3) is 0.909. The van der Waals surface area contributed by atoms with E-state index < -0.39 is 60.3 Å². The Hall–Kier alpha value is -1.05. The molecule has 1 spiro atoms. The smallest absolute Gasteiger partial charge is 0.311 e. The first-order valence-corrected chi connectivity index (χ1v) is 6.77. The fourth-order valence-electron chi connectivity index (χ4n) is 4.24. The summed E-state index contributed by atoms with van der Waals surface area (Å²) in [4.78, 5) is 3.70. The second-order valence-corrected chi connectivity index (χ2v) is 6.22. The number of guanidine groups is 1. The lowest BCUT2D eigenvalue weighted by molar-refractivity contribution is -0.548. The van der Waals surface area contributed by atoms with Gasteiger partial charge in [-0.05, 0) is 0 Å². The molecule has 9 atom stereocenters. The van der Waals surface area contributed by atoms with Gasteiger partial charge in [0, 0.05) is 0 Å². The number of hydrogen-bond acceptors (Lipinski definition) is 11. The first-order chi connectivity index (χ1) is 10.2. The molecule has 22 heavy (non-hydrogen) atoms. The third-order valence-electron chi connectivity index (χ3n) is 5.22. The van der Waals surface area contributed by atoms with Crippen molar-refractivity contribution in [3.63, 3.8) is 0 Å². The van der Waals surface area contributed by atoms with Gasteiger partial charge in [-0.3, -0.25) is 0 Å². The lowest BCUT2D eigenvalue weighted by atomic mass is 9.55. The maximum atomic E-state index is 10.6. The minimum atomic E-state index is -2.52. The molecule has 9 N–H and O–H groups in total. The number of nitrogens with two attached hydrogens (primary N) is 1. The van der Waals surface area contributed by atoms with Crippen molar-refractivity contribution in [2.75, 3.05) is 6.61 Å². The molecule has 0 unspecified atom stereocenters. The van der Waals surface area contributed by atoms with Crippen molar-refractivity contribution in [1.82, 2.24) is 5.32 Å². The average molecular weight is 319 g/mol. The molecular weight excluding hydrogens is 302 g/mol. The van der Waals surface area contributed by atoms with Crippen LogP contribution in [0.3, 0.4) is 0 Å². The van der Waals surface area contributed by atoms with E-state index in [1.807, 2.05) is 0 Å². The topological polar surface area (TPSA) is 190 Å². The molecule has 3 saturated heterocycles. The van der Waals surface area contributed by atoms with Gasteiger partial charge in [-0.1, -0.05) is 0 Å². The minimum absolute atomic E-state index is 0.250. The number of nitrogens with zero attached hydrogens (tertiary/aromatic N) is 1. The van der Waals surface area contributed by atoms with Crippen molar-refractivity contribution in [3.05, 3.63) is 0 Å². The van der Waals surface area contributed by atoms with Crippen LogP contribution < -0.4 is 11.1 Å². The summed E-state index contributed by atoms with van der Waals surface area (Å²) in [7, 11) is 0.